The van der Waals surface area contributed by atoms with Gasteiger partial charge in [0, 0.05) is 5.92 Å². The monoisotopic (exact) mass is 226 g/mol. The van der Waals surface area contributed by atoms with Gasteiger partial charge in [-0.25, -0.2) is 0 Å². The number of hydrogen-bond donors (Lipinski definition) is 4. The standard InChI is InChI=1S/C10H14N2O4/c1-5(8(11)10(15)16)9(14)7-3-2-6(13)4-12-7/h2-5,8-9,13-14H,11H2,1H3,(H,15,16). The molecule has 0 aliphatic carbocycles. The molecule has 0 amide bonds. The molecule has 0 fully saturated rings. The molecule has 0 bridgehead atoms. The Morgan fingerprint density at radius 2 is 2.12 bits per heavy atom. The largest absolute Gasteiger partial charge is 0.506 e. The minimum absolute atomic E-state index is 0.0221. The van der Waals surface area contributed by atoms with Gasteiger partial charge in [0.15, 0.2) is 0 Å². The van der Waals surface area contributed by atoms with Crippen molar-refractivity contribution in [2.45, 2.75) is 19.1 Å². The Morgan fingerprint density at radius 3 is 2.56 bits per heavy atom. The summed E-state index contributed by atoms with van der Waals surface area (Å²) in [5, 5.41) is 27.5. The first-order valence-electron chi connectivity index (χ1n) is 4.75. The molecule has 1 heterocycles. The second kappa shape index (κ2) is 4.91. The van der Waals surface area contributed by atoms with E-state index in [9.17, 15) is 9.90 Å². The Kier molecular flexibility index (Phi) is 3.81. The number of pyridine rings is 1. The molecule has 3 unspecified atom stereocenters. The van der Waals surface area contributed by atoms with Crippen molar-refractivity contribution in [3.63, 3.8) is 0 Å². The molecule has 6 nitrogen and oxygen atoms in total. The maximum Gasteiger partial charge on any atom is 0.320 e. The van der Waals surface area contributed by atoms with Crippen LogP contribution in [0, 0.1) is 5.92 Å². The maximum atomic E-state index is 10.6. The Morgan fingerprint density at radius 1 is 1.50 bits per heavy atom. The quantitative estimate of drug-likeness (QED) is 0.568. The molecule has 3 atom stereocenters. The zero-order valence-corrected chi connectivity index (χ0v) is 8.74. The number of aliphatic carboxylic acids is 1. The number of aromatic hydroxyl groups is 1. The number of nitrogens with two attached hydrogens (primary N) is 1. The van der Waals surface area contributed by atoms with E-state index in [4.69, 9.17) is 15.9 Å². The summed E-state index contributed by atoms with van der Waals surface area (Å²) in [6.45, 7) is 1.53. The van der Waals surface area contributed by atoms with E-state index >= 15 is 0 Å². The molecule has 88 valence electrons. The first-order chi connectivity index (χ1) is 7.43. The summed E-state index contributed by atoms with van der Waals surface area (Å²) in [4.78, 5) is 14.4. The number of rotatable bonds is 4. The highest BCUT2D eigenvalue weighted by Crippen LogP contribution is 2.23. The van der Waals surface area contributed by atoms with Gasteiger partial charge in [0.2, 0.25) is 0 Å². The maximum absolute atomic E-state index is 10.6. The van der Waals surface area contributed by atoms with Gasteiger partial charge < -0.3 is 21.1 Å². The Bertz CT molecular complexity index is 366. The molecule has 1 rings (SSSR count). The summed E-state index contributed by atoms with van der Waals surface area (Å²) >= 11 is 0. The highest BCUT2D eigenvalue weighted by atomic mass is 16.4. The van der Waals surface area contributed by atoms with E-state index in [0.29, 0.717) is 0 Å². The predicted molar refractivity (Wildman–Crippen MR) is 55.6 cm³/mol. The van der Waals surface area contributed by atoms with Crippen LogP contribution in [0.1, 0.15) is 18.7 Å². The van der Waals surface area contributed by atoms with Crippen molar-refractivity contribution in [2.75, 3.05) is 0 Å². The van der Waals surface area contributed by atoms with Crippen molar-refractivity contribution in [1.82, 2.24) is 4.98 Å². The second-order valence-corrected chi connectivity index (χ2v) is 3.61. The number of aromatic nitrogens is 1. The number of carboxylic acids is 1. The van der Waals surface area contributed by atoms with Crippen LogP contribution in [0.2, 0.25) is 0 Å². The zero-order valence-electron chi connectivity index (χ0n) is 8.74. The van der Waals surface area contributed by atoms with Gasteiger partial charge in [0.1, 0.15) is 17.9 Å². The molecule has 1 aromatic heterocycles. The number of aliphatic hydroxyl groups is 1. The van der Waals surface area contributed by atoms with Crippen molar-refractivity contribution < 1.29 is 20.1 Å². The lowest BCUT2D eigenvalue weighted by atomic mass is 9.94. The highest BCUT2D eigenvalue weighted by Gasteiger charge is 2.28. The van der Waals surface area contributed by atoms with Crippen LogP contribution in [0.3, 0.4) is 0 Å². The Labute approximate surface area is 92.4 Å². The molecule has 0 radical (unpaired) electrons. The molecule has 6 heteroatoms. The van der Waals surface area contributed by atoms with Crippen LogP contribution >= 0.6 is 0 Å². The van der Waals surface area contributed by atoms with Gasteiger partial charge in [-0.1, -0.05) is 6.92 Å². The molecule has 0 saturated heterocycles. The van der Waals surface area contributed by atoms with Crippen molar-refractivity contribution in [1.29, 1.82) is 0 Å². The number of aliphatic hydroxyl groups excluding tert-OH is 1. The summed E-state index contributed by atoms with van der Waals surface area (Å²) in [5.74, 6) is -1.87. The molecule has 0 aromatic carbocycles. The van der Waals surface area contributed by atoms with E-state index in [1.54, 1.807) is 0 Å². The van der Waals surface area contributed by atoms with Crippen LogP contribution < -0.4 is 5.73 Å². The van der Waals surface area contributed by atoms with Crippen LogP contribution in [-0.4, -0.2) is 32.3 Å². The fourth-order valence-corrected chi connectivity index (χ4v) is 1.26. The highest BCUT2D eigenvalue weighted by molar-refractivity contribution is 5.73. The molecular formula is C10H14N2O4. The van der Waals surface area contributed by atoms with Crippen LogP contribution in [0.4, 0.5) is 0 Å². The molecule has 1 aromatic rings. The number of carbonyl (C=O) groups is 1. The summed E-state index contributed by atoms with van der Waals surface area (Å²) in [6.07, 6.45) is 0.101. The molecule has 0 saturated carbocycles. The van der Waals surface area contributed by atoms with E-state index in [0.717, 1.165) is 0 Å². The number of nitrogens with zero attached hydrogens (tertiary/aromatic N) is 1. The third kappa shape index (κ3) is 2.68. The van der Waals surface area contributed by atoms with E-state index in [1.807, 2.05) is 0 Å². The van der Waals surface area contributed by atoms with Crippen molar-refractivity contribution >= 4 is 5.97 Å². The lowest BCUT2D eigenvalue weighted by molar-refractivity contribution is -0.141. The fourth-order valence-electron chi connectivity index (χ4n) is 1.26. The van der Waals surface area contributed by atoms with Gasteiger partial charge in [0.25, 0.3) is 0 Å². The molecule has 5 N–H and O–H groups in total. The van der Waals surface area contributed by atoms with Crippen molar-refractivity contribution in [2.24, 2.45) is 11.7 Å². The number of hydrogen-bond acceptors (Lipinski definition) is 5. The van der Waals surface area contributed by atoms with Crippen LogP contribution in [0.5, 0.6) is 5.75 Å². The van der Waals surface area contributed by atoms with Gasteiger partial charge in [-0.05, 0) is 12.1 Å². The minimum atomic E-state index is -1.18. The average Bonchev–Trinajstić information content (AvgIpc) is 2.27. The lowest BCUT2D eigenvalue weighted by Gasteiger charge is -2.21. The van der Waals surface area contributed by atoms with Gasteiger partial charge in [-0.2, -0.15) is 0 Å². The summed E-state index contributed by atoms with van der Waals surface area (Å²) in [7, 11) is 0. The van der Waals surface area contributed by atoms with Crippen molar-refractivity contribution in [3.05, 3.63) is 24.0 Å². The van der Waals surface area contributed by atoms with E-state index in [2.05, 4.69) is 4.98 Å². The van der Waals surface area contributed by atoms with Crippen molar-refractivity contribution in [3.8, 4) is 5.75 Å². The third-order valence-corrected chi connectivity index (χ3v) is 2.42. The number of carboxylic acid groups (broad SMARTS) is 1. The summed E-state index contributed by atoms with van der Waals surface area (Å²) < 4.78 is 0. The molecule has 0 aliphatic heterocycles. The van der Waals surface area contributed by atoms with E-state index in [-0.39, 0.29) is 11.4 Å². The smallest absolute Gasteiger partial charge is 0.320 e. The van der Waals surface area contributed by atoms with Crippen LogP contribution in [-0.2, 0) is 4.79 Å². The first kappa shape index (κ1) is 12.4. The van der Waals surface area contributed by atoms with E-state index in [1.165, 1.54) is 25.3 Å². The second-order valence-electron chi connectivity index (χ2n) is 3.61. The zero-order chi connectivity index (χ0) is 12.3. The Hall–Kier alpha value is -1.66. The molecular weight excluding hydrogens is 212 g/mol. The Balaban J connectivity index is 2.81. The van der Waals surface area contributed by atoms with Gasteiger partial charge >= 0.3 is 5.97 Å². The van der Waals surface area contributed by atoms with Gasteiger partial charge in [-0.3, -0.25) is 9.78 Å². The van der Waals surface area contributed by atoms with E-state index < -0.39 is 24.0 Å². The van der Waals surface area contributed by atoms with Crippen LogP contribution in [0.15, 0.2) is 18.3 Å². The fraction of sp³-hybridized carbons (Fsp3) is 0.400. The lowest BCUT2D eigenvalue weighted by Crippen LogP contribution is -2.39. The predicted octanol–water partition coefficient (Wildman–Crippen LogP) is -0.131. The molecule has 0 aliphatic rings. The van der Waals surface area contributed by atoms with Crippen LogP contribution in [0.25, 0.3) is 0 Å². The topological polar surface area (TPSA) is 117 Å². The van der Waals surface area contributed by atoms with Gasteiger partial charge in [-0.15, -0.1) is 0 Å². The summed E-state index contributed by atoms with van der Waals surface area (Å²) in [6, 6.07) is 1.63. The average molecular weight is 226 g/mol. The molecule has 16 heavy (non-hydrogen) atoms. The normalized spacial score (nSPS) is 16.4. The molecule has 0 spiro atoms. The third-order valence-electron chi connectivity index (χ3n) is 2.42. The van der Waals surface area contributed by atoms with Gasteiger partial charge in [0.05, 0.1) is 11.9 Å². The SMILES string of the molecule is CC(C(N)C(=O)O)C(O)c1ccc(O)cn1. The summed E-state index contributed by atoms with van der Waals surface area (Å²) in [5.41, 5.74) is 5.67. The minimum Gasteiger partial charge on any atom is -0.506 e. The first-order valence-corrected chi connectivity index (χ1v) is 4.75.